The van der Waals surface area contributed by atoms with Gasteiger partial charge in [0.05, 0.1) is 6.61 Å². The van der Waals surface area contributed by atoms with Crippen molar-refractivity contribution in [2.24, 2.45) is 0 Å². The molecule has 0 spiro atoms. The lowest BCUT2D eigenvalue weighted by molar-refractivity contribution is 0.312. The average Bonchev–Trinajstić information content (AvgIpc) is 2.35. The van der Waals surface area contributed by atoms with E-state index in [0.29, 0.717) is 5.92 Å². The van der Waals surface area contributed by atoms with Crippen LogP contribution in [0, 0.1) is 0 Å². The Morgan fingerprint density at radius 1 is 1.26 bits per heavy atom. The van der Waals surface area contributed by atoms with E-state index < -0.39 is 0 Å². The first-order valence-corrected chi connectivity index (χ1v) is 8.35. The van der Waals surface area contributed by atoms with Crippen LogP contribution in [0.1, 0.15) is 64.5 Å². The zero-order chi connectivity index (χ0) is 14.5. The average molecular weight is 327 g/mol. The molecule has 0 saturated heterocycles. The van der Waals surface area contributed by atoms with Crippen LogP contribution in [0.2, 0.25) is 0 Å². The Labute approximate surface area is 126 Å². The smallest absolute Gasteiger partial charge is 0.122 e. The lowest BCUT2D eigenvalue weighted by Crippen LogP contribution is -2.12. The van der Waals surface area contributed by atoms with Crippen LogP contribution in [-0.2, 0) is 5.41 Å². The number of rotatable bonds is 6. The quantitative estimate of drug-likeness (QED) is 0.612. The van der Waals surface area contributed by atoms with E-state index in [0.717, 1.165) is 30.5 Å². The molecular weight excluding hydrogens is 300 g/mol. The van der Waals surface area contributed by atoms with Gasteiger partial charge in [-0.05, 0) is 41.4 Å². The lowest BCUT2D eigenvalue weighted by atomic mass is 9.84. The summed E-state index contributed by atoms with van der Waals surface area (Å²) in [4.78, 5) is 0. The second-order valence-corrected chi connectivity index (χ2v) is 7.02. The zero-order valence-electron chi connectivity index (χ0n) is 12.9. The van der Waals surface area contributed by atoms with Gasteiger partial charge < -0.3 is 4.74 Å². The van der Waals surface area contributed by atoms with Gasteiger partial charge in [-0.3, -0.25) is 0 Å². The molecular formula is C17H27BrO. The molecule has 1 rings (SSSR count). The predicted molar refractivity (Wildman–Crippen MR) is 87.8 cm³/mol. The van der Waals surface area contributed by atoms with E-state index in [1.807, 2.05) is 0 Å². The molecule has 1 aromatic carbocycles. The second kappa shape index (κ2) is 7.33. The van der Waals surface area contributed by atoms with Gasteiger partial charge in [-0.2, -0.15) is 0 Å². The summed E-state index contributed by atoms with van der Waals surface area (Å²) in [7, 11) is 0. The third-order valence-corrected chi connectivity index (χ3v) is 3.87. The summed E-state index contributed by atoms with van der Waals surface area (Å²) in [5.41, 5.74) is 2.92. The molecule has 0 aliphatic heterocycles. The highest BCUT2D eigenvalue weighted by atomic mass is 79.9. The van der Waals surface area contributed by atoms with Crippen molar-refractivity contribution < 1.29 is 4.74 Å². The molecule has 0 aromatic heterocycles. The lowest BCUT2D eigenvalue weighted by Gasteiger charge is -2.23. The molecule has 0 bridgehead atoms. The molecule has 108 valence electrons. The zero-order valence-corrected chi connectivity index (χ0v) is 14.5. The Hall–Kier alpha value is -0.500. The van der Waals surface area contributed by atoms with Gasteiger partial charge in [-0.1, -0.05) is 62.7 Å². The van der Waals surface area contributed by atoms with Crippen molar-refractivity contribution in [3.05, 3.63) is 29.3 Å². The molecule has 1 unspecified atom stereocenters. The highest BCUT2D eigenvalue weighted by Crippen LogP contribution is 2.34. The van der Waals surface area contributed by atoms with Gasteiger partial charge in [-0.15, -0.1) is 0 Å². The van der Waals surface area contributed by atoms with E-state index in [9.17, 15) is 0 Å². The van der Waals surface area contributed by atoms with E-state index >= 15 is 0 Å². The maximum absolute atomic E-state index is 5.91. The molecule has 0 N–H and O–H groups in total. The fourth-order valence-corrected chi connectivity index (χ4v) is 2.75. The van der Waals surface area contributed by atoms with E-state index in [1.165, 1.54) is 11.1 Å². The summed E-state index contributed by atoms with van der Waals surface area (Å²) in [5.74, 6) is 1.58. The van der Waals surface area contributed by atoms with Gasteiger partial charge in [0, 0.05) is 5.33 Å². The van der Waals surface area contributed by atoms with E-state index in [2.05, 4.69) is 68.7 Å². The first-order valence-electron chi connectivity index (χ1n) is 7.23. The van der Waals surface area contributed by atoms with Crippen molar-refractivity contribution in [1.82, 2.24) is 0 Å². The molecule has 0 radical (unpaired) electrons. The molecule has 1 aromatic rings. The first kappa shape index (κ1) is 16.6. The Bertz CT molecular complexity index is 393. The normalized spacial score (nSPS) is 13.4. The topological polar surface area (TPSA) is 9.23 Å². The molecule has 0 saturated carbocycles. The molecule has 0 aliphatic rings. The largest absolute Gasteiger partial charge is 0.493 e. The maximum atomic E-state index is 5.91. The molecule has 19 heavy (non-hydrogen) atoms. The fraction of sp³-hybridized carbons (Fsp3) is 0.647. The third kappa shape index (κ3) is 4.83. The van der Waals surface area contributed by atoms with Gasteiger partial charge in [0.25, 0.3) is 0 Å². The minimum Gasteiger partial charge on any atom is -0.493 e. The predicted octanol–water partition coefficient (Wildman–Crippen LogP) is 5.66. The number of alkyl halides is 1. The second-order valence-electron chi connectivity index (χ2n) is 6.23. The van der Waals surface area contributed by atoms with E-state index in [1.54, 1.807) is 0 Å². The van der Waals surface area contributed by atoms with Crippen LogP contribution in [0.5, 0.6) is 5.75 Å². The van der Waals surface area contributed by atoms with Crippen LogP contribution in [0.15, 0.2) is 18.2 Å². The van der Waals surface area contributed by atoms with Gasteiger partial charge in [0.15, 0.2) is 0 Å². The fourth-order valence-electron chi connectivity index (χ4n) is 2.06. The Morgan fingerprint density at radius 3 is 2.47 bits per heavy atom. The van der Waals surface area contributed by atoms with Crippen LogP contribution in [-0.4, -0.2) is 11.9 Å². The number of ether oxygens (including phenoxy) is 1. The summed E-state index contributed by atoms with van der Waals surface area (Å²) in [5, 5.41) is 1.03. The summed E-state index contributed by atoms with van der Waals surface area (Å²) >= 11 is 3.54. The number of benzene rings is 1. The third-order valence-electron chi connectivity index (χ3n) is 3.41. The Kier molecular flexibility index (Phi) is 6.38. The van der Waals surface area contributed by atoms with Crippen LogP contribution in [0.4, 0.5) is 0 Å². The molecule has 1 atom stereocenters. The van der Waals surface area contributed by atoms with Crippen LogP contribution < -0.4 is 4.74 Å². The van der Waals surface area contributed by atoms with Gasteiger partial charge in [0.1, 0.15) is 5.75 Å². The first-order chi connectivity index (χ1) is 8.90. The van der Waals surface area contributed by atoms with Crippen LogP contribution in [0.25, 0.3) is 0 Å². The van der Waals surface area contributed by atoms with Crippen molar-refractivity contribution in [3.8, 4) is 5.75 Å². The van der Waals surface area contributed by atoms with Crippen LogP contribution in [0.3, 0.4) is 0 Å². The molecule has 0 fully saturated rings. The molecule has 2 heteroatoms. The van der Waals surface area contributed by atoms with Crippen molar-refractivity contribution in [2.45, 2.75) is 58.8 Å². The Morgan fingerprint density at radius 2 is 1.95 bits per heavy atom. The summed E-state index contributed by atoms with van der Waals surface area (Å²) in [6.07, 6.45) is 2.18. The summed E-state index contributed by atoms with van der Waals surface area (Å²) in [6.45, 7) is 12.0. The molecule has 0 amide bonds. The number of hydrogen-bond acceptors (Lipinski definition) is 1. The highest BCUT2D eigenvalue weighted by molar-refractivity contribution is 9.09. The minimum absolute atomic E-state index is 0.187. The molecule has 0 aliphatic carbocycles. The van der Waals surface area contributed by atoms with Crippen molar-refractivity contribution in [3.63, 3.8) is 0 Å². The summed E-state index contributed by atoms with van der Waals surface area (Å²) < 4.78 is 5.91. The molecule has 1 nitrogen and oxygen atoms in total. The number of halogens is 1. The van der Waals surface area contributed by atoms with Crippen molar-refractivity contribution in [1.29, 1.82) is 0 Å². The number of hydrogen-bond donors (Lipinski definition) is 0. The van der Waals surface area contributed by atoms with Crippen LogP contribution >= 0.6 is 15.9 Å². The van der Waals surface area contributed by atoms with Gasteiger partial charge >= 0.3 is 0 Å². The van der Waals surface area contributed by atoms with E-state index in [-0.39, 0.29) is 5.41 Å². The molecule has 0 heterocycles. The monoisotopic (exact) mass is 326 g/mol. The minimum atomic E-state index is 0.187. The van der Waals surface area contributed by atoms with Crippen molar-refractivity contribution in [2.75, 3.05) is 11.9 Å². The standard InChI is InChI=1S/C17H27BrO/c1-6-11-19-16-8-7-14(17(3,4)5)12-15(16)13(2)9-10-18/h7-8,12-13H,6,9-11H2,1-5H3. The van der Waals surface area contributed by atoms with Gasteiger partial charge in [-0.25, -0.2) is 0 Å². The highest BCUT2D eigenvalue weighted by Gasteiger charge is 2.18. The van der Waals surface area contributed by atoms with Gasteiger partial charge in [0.2, 0.25) is 0 Å². The van der Waals surface area contributed by atoms with E-state index in [4.69, 9.17) is 4.74 Å². The Balaban J connectivity index is 3.10. The SMILES string of the molecule is CCCOc1ccc(C(C)(C)C)cc1C(C)CCBr. The maximum Gasteiger partial charge on any atom is 0.122 e. The van der Waals surface area contributed by atoms with Crippen molar-refractivity contribution >= 4 is 15.9 Å². The summed E-state index contributed by atoms with van der Waals surface area (Å²) in [6, 6.07) is 6.68.